The molecule has 2 rings (SSSR count). The summed E-state index contributed by atoms with van der Waals surface area (Å²) < 4.78 is 6.72. The zero-order valence-electron chi connectivity index (χ0n) is 11.5. The van der Waals surface area contributed by atoms with Crippen LogP contribution in [-0.4, -0.2) is 22.5 Å². The van der Waals surface area contributed by atoms with Gasteiger partial charge in [0, 0.05) is 13.2 Å². The number of nitrogens with zero attached hydrogens (tertiary/aromatic N) is 2. The van der Waals surface area contributed by atoms with Crippen LogP contribution >= 0.6 is 11.3 Å². The molecule has 7 heteroatoms. The van der Waals surface area contributed by atoms with Crippen molar-refractivity contribution in [3.8, 4) is 6.07 Å². The Labute approximate surface area is 125 Å². The summed E-state index contributed by atoms with van der Waals surface area (Å²) in [6.07, 6.45) is 0.757. The summed E-state index contributed by atoms with van der Waals surface area (Å²) in [5, 5.41) is 13.6. The topological polar surface area (TPSA) is 84.1 Å². The van der Waals surface area contributed by atoms with Gasteiger partial charge in [-0.2, -0.15) is 5.26 Å². The Morgan fingerprint density at radius 1 is 1.48 bits per heavy atom. The van der Waals surface area contributed by atoms with Gasteiger partial charge in [0.05, 0.1) is 5.56 Å². The third kappa shape index (κ3) is 3.30. The Hall–Kier alpha value is -2.59. The lowest BCUT2D eigenvalue weighted by atomic mass is 10.3. The van der Waals surface area contributed by atoms with Crippen molar-refractivity contribution in [2.75, 3.05) is 5.32 Å². The molecule has 0 radical (unpaired) electrons. The predicted octanol–water partition coefficient (Wildman–Crippen LogP) is 2.14. The molecule has 1 atom stereocenters. The molecule has 0 saturated carbocycles. The van der Waals surface area contributed by atoms with Gasteiger partial charge in [0.1, 0.15) is 16.8 Å². The SMILES string of the molecule is C[C@@H](OC(=O)c1cccn1C)C(=O)Nc1sccc1C#N. The van der Waals surface area contributed by atoms with Gasteiger partial charge in [-0.15, -0.1) is 11.3 Å². The molecule has 108 valence electrons. The highest BCUT2D eigenvalue weighted by atomic mass is 32.1. The molecule has 0 aliphatic carbocycles. The molecule has 2 heterocycles. The lowest BCUT2D eigenvalue weighted by Crippen LogP contribution is -2.30. The Morgan fingerprint density at radius 3 is 2.86 bits per heavy atom. The molecule has 0 saturated heterocycles. The summed E-state index contributed by atoms with van der Waals surface area (Å²) in [5.74, 6) is -1.05. The highest BCUT2D eigenvalue weighted by Crippen LogP contribution is 2.22. The number of rotatable bonds is 4. The van der Waals surface area contributed by atoms with Crippen LogP contribution in [0, 0.1) is 11.3 Å². The molecule has 1 amide bonds. The van der Waals surface area contributed by atoms with Gasteiger partial charge in [-0.1, -0.05) is 0 Å². The first-order valence-corrected chi connectivity index (χ1v) is 7.01. The second kappa shape index (κ2) is 6.24. The normalized spacial score (nSPS) is 11.5. The minimum atomic E-state index is -0.957. The minimum Gasteiger partial charge on any atom is -0.448 e. The van der Waals surface area contributed by atoms with Crippen molar-refractivity contribution in [2.45, 2.75) is 13.0 Å². The number of hydrogen-bond donors (Lipinski definition) is 1. The van der Waals surface area contributed by atoms with E-state index in [1.807, 2.05) is 6.07 Å². The maximum atomic E-state index is 12.0. The maximum Gasteiger partial charge on any atom is 0.355 e. The smallest absolute Gasteiger partial charge is 0.355 e. The van der Waals surface area contributed by atoms with E-state index in [9.17, 15) is 9.59 Å². The molecule has 21 heavy (non-hydrogen) atoms. The van der Waals surface area contributed by atoms with E-state index < -0.39 is 18.0 Å². The average Bonchev–Trinajstić information content (AvgIpc) is 3.07. The van der Waals surface area contributed by atoms with E-state index in [1.54, 1.807) is 41.4 Å². The molecule has 0 bridgehead atoms. The Kier molecular flexibility index (Phi) is 4.40. The van der Waals surface area contributed by atoms with Crippen LogP contribution in [-0.2, 0) is 16.6 Å². The van der Waals surface area contributed by atoms with Crippen LogP contribution in [0.15, 0.2) is 29.8 Å². The highest BCUT2D eigenvalue weighted by molar-refractivity contribution is 7.14. The van der Waals surface area contributed by atoms with E-state index in [2.05, 4.69) is 5.32 Å². The molecule has 0 aliphatic heterocycles. The van der Waals surface area contributed by atoms with Crippen LogP contribution in [0.2, 0.25) is 0 Å². The monoisotopic (exact) mass is 303 g/mol. The number of nitrogens with one attached hydrogen (secondary N) is 1. The van der Waals surface area contributed by atoms with Gasteiger partial charge in [-0.25, -0.2) is 4.79 Å². The molecule has 0 aromatic carbocycles. The predicted molar refractivity (Wildman–Crippen MR) is 78.0 cm³/mol. The van der Waals surface area contributed by atoms with Crippen molar-refractivity contribution in [1.82, 2.24) is 4.57 Å². The second-order valence-electron chi connectivity index (χ2n) is 4.32. The van der Waals surface area contributed by atoms with E-state index in [-0.39, 0.29) is 0 Å². The largest absolute Gasteiger partial charge is 0.448 e. The number of aryl methyl sites for hydroxylation is 1. The first-order valence-electron chi connectivity index (χ1n) is 6.13. The summed E-state index contributed by atoms with van der Waals surface area (Å²) in [6.45, 7) is 1.48. The van der Waals surface area contributed by atoms with Crippen molar-refractivity contribution in [2.24, 2.45) is 7.05 Å². The first kappa shape index (κ1) is 14.8. The molecule has 0 spiro atoms. The number of anilines is 1. The number of thiophene rings is 1. The van der Waals surface area contributed by atoms with Gasteiger partial charge in [-0.3, -0.25) is 4.79 Å². The number of aromatic nitrogens is 1. The Balaban J connectivity index is 1.99. The third-order valence-corrected chi connectivity index (χ3v) is 3.66. The summed E-state index contributed by atoms with van der Waals surface area (Å²) >= 11 is 1.24. The zero-order chi connectivity index (χ0) is 15.4. The Morgan fingerprint density at radius 2 is 2.24 bits per heavy atom. The maximum absolute atomic E-state index is 12.0. The van der Waals surface area contributed by atoms with Gasteiger partial charge >= 0.3 is 5.97 Å². The summed E-state index contributed by atoms with van der Waals surface area (Å²) in [6, 6.07) is 6.91. The Bertz CT molecular complexity index is 711. The standard InChI is InChI=1S/C14H13N3O3S/c1-9(20-14(19)11-4-3-6-17(11)2)12(18)16-13-10(8-15)5-7-21-13/h3-7,9H,1-2H3,(H,16,18)/t9-/m1/s1. The van der Waals surface area contributed by atoms with Gasteiger partial charge in [-0.05, 0) is 30.5 Å². The van der Waals surface area contributed by atoms with E-state index in [1.165, 1.54) is 18.3 Å². The number of hydrogen-bond acceptors (Lipinski definition) is 5. The van der Waals surface area contributed by atoms with Crippen LogP contribution < -0.4 is 5.32 Å². The fourth-order valence-corrected chi connectivity index (χ4v) is 2.40. The van der Waals surface area contributed by atoms with Crippen LogP contribution in [0.3, 0.4) is 0 Å². The van der Waals surface area contributed by atoms with Gasteiger partial charge in [0.25, 0.3) is 5.91 Å². The number of ether oxygens (including phenoxy) is 1. The number of amides is 1. The third-order valence-electron chi connectivity index (χ3n) is 2.83. The highest BCUT2D eigenvalue weighted by Gasteiger charge is 2.21. The van der Waals surface area contributed by atoms with Crippen LogP contribution in [0.1, 0.15) is 23.0 Å². The molecule has 0 aliphatic rings. The molecule has 2 aromatic heterocycles. The fourth-order valence-electron chi connectivity index (χ4n) is 1.66. The van der Waals surface area contributed by atoms with Crippen molar-refractivity contribution in [1.29, 1.82) is 5.26 Å². The molecular weight excluding hydrogens is 290 g/mol. The van der Waals surface area contributed by atoms with Gasteiger partial charge in [0.2, 0.25) is 0 Å². The van der Waals surface area contributed by atoms with Crippen LogP contribution in [0.4, 0.5) is 5.00 Å². The molecule has 6 nitrogen and oxygen atoms in total. The molecule has 2 aromatic rings. The number of nitriles is 1. The number of carbonyl (C=O) groups excluding carboxylic acids is 2. The minimum absolute atomic E-state index is 0.364. The van der Waals surface area contributed by atoms with Gasteiger partial charge < -0.3 is 14.6 Å². The van der Waals surface area contributed by atoms with E-state index in [4.69, 9.17) is 10.00 Å². The molecule has 0 fully saturated rings. The van der Waals surface area contributed by atoms with Crippen LogP contribution in [0.25, 0.3) is 0 Å². The zero-order valence-corrected chi connectivity index (χ0v) is 12.3. The van der Waals surface area contributed by atoms with Crippen molar-refractivity contribution >= 4 is 28.2 Å². The summed E-state index contributed by atoms with van der Waals surface area (Å²) in [7, 11) is 1.71. The molecular formula is C14H13N3O3S. The van der Waals surface area contributed by atoms with Crippen molar-refractivity contribution in [3.63, 3.8) is 0 Å². The van der Waals surface area contributed by atoms with Gasteiger partial charge in [0.15, 0.2) is 6.10 Å². The first-order chi connectivity index (χ1) is 10.0. The number of carbonyl (C=O) groups is 2. The van der Waals surface area contributed by atoms with E-state index in [0.717, 1.165) is 0 Å². The van der Waals surface area contributed by atoms with Crippen molar-refractivity contribution in [3.05, 3.63) is 41.0 Å². The van der Waals surface area contributed by atoms with Crippen LogP contribution in [0.5, 0.6) is 0 Å². The quantitative estimate of drug-likeness (QED) is 0.877. The molecule has 1 N–H and O–H groups in total. The number of esters is 1. The van der Waals surface area contributed by atoms with Crippen molar-refractivity contribution < 1.29 is 14.3 Å². The average molecular weight is 303 g/mol. The van der Waals surface area contributed by atoms with E-state index >= 15 is 0 Å². The fraction of sp³-hybridized carbons (Fsp3) is 0.214. The molecule has 0 unspecified atom stereocenters. The lowest BCUT2D eigenvalue weighted by Gasteiger charge is -2.13. The summed E-state index contributed by atoms with van der Waals surface area (Å²) in [5.41, 5.74) is 0.748. The lowest BCUT2D eigenvalue weighted by molar-refractivity contribution is -0.123. The summed E-state index contributed by atoms with van der Waals surface area (Å²) in [4.78, 5) is 23.9. The van der Waals surface area contributed by atoms with E-state index in [0.29, 0.717) is 16.3 Å². The second-order valence-corrected chi connectivity index (χ2v) is 5.23.